The predicted octanol–water partition coefficient (Wildman–Crippen LogP) is 4.72. The molecule has 0 spiro atoms. The summed E-state index contributed by atoms with van der Waals surface area (Å²) in [5, 5.41) is 3.41. The number of nitrogens with one attached hydrogen (secondary N) is 1. The molecule has 2 aromatic rings. The fraction of sp³-hybridized carbons (Fsp3) is 0.591. The van der Waals surface area contributed by atoms with Gasteiger partial charge in [-0.2, -0.15) is 15.0 Å². The smallest absolute Gasteiger partial charge is 0.233 e. The van der Waals surface area contributed by atoms with E-state index in [1.807, 2.05) is 0 Å². The maximum absolute atomic E-state index is 4.85. The van der Waals surface area contributed by atoms with Crippen molar-refractivity contribution in [1.82, 2.24) is 15.0 Å². The van der Waals surface area contributed by atoms with E-state index in [9.17, 15) is 0 Å². The van der Waals surface area contributed by atoms with Crippen LogP contribution in [-0.4, -0.2) is 41.1 Å². The lowest BCUT2D eigenvalue weighted by atomic mass is 10.0. The number of anilines is 4. The van der Waals surface area contributed by atoms with Crippen LogP contribution in [0.2, 0.25) is 0 Å². The molecule has 1 aromatic heterocycles. The summed E-state index contributed by atoms with van der Waals surface area (Å²) in [6.07, 6.45) is 7.45. The number of rotatable bonds is 5. The summed E-state index contributed by atoms with van der Waals surface area (Å²) in [7, 11) is 0. The molecule has 2 aliphatic heterocycles. The fourth-order valence-corrected chi connectivity index (χ4v) is 3.96. The highest BCUT2D eigenvalue weighted by atomic mass is 15.4. The molecule has 2 fully saturated rings. The van der Waals surface area contributed by atoms with Crippen molar-refractivity contribution in [3.63, 3.8) is 0 Å². The topological polar surface area (TPSA) is 57.2 Å². The van der Waals surface area contributed by atoms with E-state index in [-0.39, 0.29) is 0 Å². The second kappa shape index (κ2) is 8.76. The number of hydrogen-bond acceptors (Lipinski definition) is 6. The first kappa shape index (κ1) is 19.0. The minimum Gasteiger partial charge on any atom is -0.341 e. The Morgan fingerprint density at radius 1 is 0.714 bits per heavy atom. The Kier molecular flexibility index (Phi) is 5.93. The number of aromatic nitrogens is 3. The third-order valence-corrected chi connectivity index (χ3v) is 5.72. The van der Waals surface area contributed by atoms with Crippen LogP contribution in [0.1, 0.15) is 63.9 Å². The lowest BCUT2D eigenvalue weighted by Gasteiger charge is -2.30. The minimum atomic E-state index is 0.530. The minimum absolute atomic E-state index is 0.530. The molecule has 0 atom stereocenters. The molecule has 4 rings (SSSR count). The predicted molar refractivity (Wildman–Crippen MR) is 116 cm³/mol. The van der Waals surface area contributed by atoms with E-state index < -0.39 is 0 Å². The van der Waals surface area contributed by atoms with Crippen molar-refractivity contribution >= 4 is 23.5 Å². The van der Waals surface area contributed by atoms with Gasteiger partial charge in [0.2, 0.25) is 17.8 Å². The largest absolute Gasteiger partial charge is 0.341 e. The van der Waals surface area contributed by atoms with E-state index in [2.05, 4.69) is 53.2 Å². The standard InChI is InChI=1S/C22H32N6/c1-17(2)18-9-11-19(12-10-18)23-20-24-21(27-13-5-3-6-14-27)26-22(25-20)28-15-7-4-8-16-28/h9-12,17H,3-8,13-16H2,1-2H3,(H,23,24,25,26). The van der Waals surface area contributed by atoms with Gasteiger partial charge < -0.3 is 15.1 Å². The lowest BCUT2D eigenvalue weighted by Crippen LogP contribution is -2.34. The molecule has 0 unspecified atom stereocenters. The Morgan fingerprint density at radius 3 is 1.68 bits per heavy atom. The maximum Gasteiger partial charge on any atom is 0.233 e. The second-order valence-corrected chi connectivity index (χ2v) is 8.26. The van der Waals surface area contributed by atoms with Crippen LogP contribution in [0.3, 0.4) is 0 Å². The molecule has 2 saturated heterocycles. The Balaban J connectivity index is 1.60. The molecule has 6 heteroatoms. The molecule has 3 heterocycles. The quantitative estimate of drug-likeness (QED) is 0.810. The van der Waals surface area contributed by atoms with Gasteiger partial charge in [-0.25, -0.2) is 0 Å². The summed E-state index contributed by atoms with van der Waals surface area (Å²) in [4.78, 5) is 19.0. The third kappa shape index (κ3) is 4.54. The van der Waals surface area contributed by atoms with Crippen LogP contribution in [0.4, 0.5) is 23.5 Å². The van der Waals surface area contributed by atoms with Gasteiger partial charge in [0, 0.05) is 31.9 Å². The highest BCUT2D eigenvalue weighted by molar-refractivity contribution is 5.57. The summed E-state index contributed by atoms with van der Waals surface area (Å²) < 4.78 is 0. The van der Waals surface area contributed by atoms with E-state index in [0.717, 1.165) is 43.8 Å². The van der Waals surface area contributed by atoms with Gasteiger partial charge in [-0.3, -0.25) is 0 Å². The van der Waals surface area contributed by atoms with Crippen molar-refractivity contribution in [2.75, 3.05) is 41.3 Å². The first-order valence-electron chi connectivity index (χ1n) is 10.8. The summed E-state index contributed by atoms with van der Waals surface area (Å²) in [5.41, 5.74) is 2.36. The van der Waals surface area contributed by atoms with Gasteiger partial charge in [0.1, 0.15) is 0 Å². The van der Waals surface area contributed by atoms with E-state index in [1.54, 1.807) is 0 Å². The van der Waals surface area contributed by atoms with Crippen molar-refractivity contribution in [3.8, 4) is 0 Å². The monoisotopic (exact) mass is 380 g/mol. The molecule has 0 bridgehead atoms. The molecule has 2 aliphatic rings. The average Bonchev–Trinajstić information content (AvgIpc) is 2.75. The van der Waals surface area contributed by atoms with Crippen molar-refractivity contribution in [1.29, 1.82) is 0 Å². The number of nitrogens with zero attached hydrogens (tertiary/aromatic N) is 5. The molecule has 6 nitrogen and oxygen atoms in total. The van der Waals surface area contributed by atoms with Gasteiger partial charge in [0.05, 0.1) is 0 Å². The number of benzene rings is 1. The maximum atomic E-state index is 4.85. The molecule has 28 heavy (non-hydrogen) atoms. The van der Waals surface area contributed by atoms with Gasteiger partial charge in [-0.15, -0.1) is 0 Å². The SMILES string of the molecule is CC(C)c1ccc(Nc2nc(N3CCCCC3)nc(N3CCCCC3)n2)cc1. The van der Waals surface area contributed by atoms with Crippen molar-refractivity contribution in [3.05, 3.63) is 29.8 Å². The normalized spacial score (nSPS) is 17.8. The highest BCUT2D eigenvalue weighted by Gasteiger charge is 2.20. The van der Waals surface area contributed by atoms with Gasteiger partial charge in [0.15, 0.2) is 0 Å². The van der Waals surface area contributed by atoms with E-state index in [0.29, 0.717) is 11.9 Å². The van der Waals surface area contributed by atoms with Crippen LogP contribution in [0.5, 0.6) is 0 Å². The lowest BCUT2D eigenvalue weighted by molar-refractivity contribution is 0.556. The van der Waals surface area contributed by atoms with Crippen molar-refractivity contribution in [2.24, 2.45) is 0 Å². The van der Waals surface area contributed by atoms with E-state index >= 15 is 0 Å². The van der Waals surface area contributed by atoms with Crippen LogP contribution in [0, 0.1) is 0 Å². The molecule has 0 saturated carbocycles. The first-order chi connectivity index (χ1) is 13.7. The van der Waals surface area contributed by atoms with Crippen LogP contribution >= 0.6 is 0 Å². The van der Waals surface area contributed by atoms with Crippen LogP contribution in [0.15, 0.2) is 24.3 Å². The van der Waals surface area contributed by atoms with Gasteiger partial charge >= 0.3 is 0 Å². The zero-order chi connectivity index (χ0) is 19.3. The molecule has 1 aromatic carbocycles. The Hall–Kier alpha value is -2.37. The molecule has 150 valence electrons. The second-order valence-electron chi connectivity index (χ2n) is 8.26. The van der Waals surface area contributed by atoms with E-state index in [4.69, 9.17) is 15.0 Å². The molecule has 0 aliphatic carbocycles. The molecular weight excluding hydrogens is 348 g/mol. The van der Waals surface area contributed by atoms with Gasteiger partial charge in [-0.1, -0.05) is 26.0 Å². The third-order valence-electron chi connectivity index (χ3n) is 5.72. The Bertz CT molecular complexity index is 725. The number of hydrogen-bond donors (Lipinski definition) is 1. The van der Waals surface area contributed by atoms with Crippen LogP contribution in [-0.2, 0) is 0 Å². The Morgan fingerprint density at radius 2 is 1.21 bits per heavy atom. The molecule has 0 radical (unpaired) electrons. The first-order valence-corrected chi connectivity index (χ1v) is 10.8. The van der Waals surface area contributed by atoms with Crippen LogP contribution < -0.4 is 15.1 Å². The summed E-state index contributed by atoms with van der Waals surface area (Å²) in [5.74, 6) is 2.81. The summed E-state index contributed by atoms with van der Waals surface area (Å²) in [6, 6.07) is 8.57. The number of piperidine rings is 2. The Labute approximate surface area is 168 Å². The van der Waals surface area contributed by atoms with Gasteiger partial charge in [-0.05, 0) is 62.1 Å². The summed E-state index contributed by atoms with van der Waals surface area (Å²) in [6.45, 7) is 8.56. The fourth-order valence-electron chi connectivity index (χ4n) is 3.96. The molecule has 1 N–H and O–H groups in total. The zero-order valence-corrected chi connectivity index (χ0v) is 17.2. The van der Waals surface area contributed by atoms with Gasteiger partial charge in [0.25, 0.3) is 0 Å². The zero-order valence-electron chi connectivity index (χ0n) is 17.2. The molecule has 0 amide bonds. The summed E-state index contributed by atoms with van der Waals surface area (Å²) >= 11 is 0. The van der Waals surface area contributed by atoms with Crippen LogP contribution in [0.25, 0.3) is 0 Å². The van der Waals surface area contributed by atoms with Crippen molar-refractivity contribution in [2.45, 2.75) is 58.3 Å². The highest BCUT2D eigenvalue weighted by Crippen LogP contribution is 2.25. The molecular formula is C22H32N6. The van der Waals surface area contributed by atoms with Crippen molar-refractivity contribution < 1.29 is 0 Å². The average molecular weight is 381 g/mol. The van der Waals surface area contributed by atoms with E-state index in [1.165, 1.54) is 44.1 Å².